The van der Waals surface area contributed by atoms with Crippen molar-refractivity contribution in [2.75, 3.05) is 14.1 Å². The van der Waals surface area contributed by atoms with Crippen LogP contribution in [0.5, 0.6) is 0 Å². The van der Waals surface area contributed by atoms with Crippen LogP contribution in [0.1, 0.15) is 0 Å². The molecule has 0 rings (SSSR count). The summed E-state index contributed by atoms with van der Waals surface area (Å²) in [4.78, 5) is 0. The Kier molecular flexibility index (Phi) is 52.9. The Labute approximate surface area is 77.3 Å². The molecule has 20 valence electrons. The predicted molar refractivity (Wildman–Crippen MR) is 15.0 cm³/mol. The Morgan fingerprint density at radius 2 is 1.20 bits per heavy atom. The third-order valence-electron chi connectivity index (χ3n) is 0. The summed E-state index contributed by atoms with van der Waals surface area (Å²) in [7, 11) is 3.75. The van der Waals surface area contributed by atoms with E-state index in [1.54, 1.807) is 0 Å². The fourth-order valence-electron chi connectivity index (χ4n) is 0. The molecule has 0 aliphatic carbocycles. The SMILES string of the molecule is CNC.[Y+3].[Zr+4]. The van der Waals surface area contributed by atoms with Gasteiger partial charge in [0.1, 0.15) is 0 Å². The maximum atomic E-state index is 2.75. The molecule has 0 heterocycles. The van der Waals surface area contributed by atoms with E-state index < -0.39 is 0 Å². The fourth-order valence-corrected chi connectivity index (χ4v) is 0. The molecule has 0 spiro atoms. The van der Waals surface area contributed by atoms with E-state index in [2.05, 4.69) is 5.32 Å². The summed E-state index contributed by atoms with van der Waals surface area (Å²) < 4.78 is 0. The predicted octanol–water partition coefficient (Wildman–Crippen LogP) is -0.169. The summed E-state index contributed by atoms with van der Waals surface area (Å²) in [6, 6.07) is 0. The Morgan fingerprint density at radius 3 is 1.20 bits per heavy atom. The molecule has 0 bridgehead atoms. The molecule has 0 saturated heterocycles. The van der Waals surface area contributed by atoms with Crippen molar-refractivity contribution in [1.82, 2.24) is 5.32 Å². The molecule has 0 radical (unpaired) electrons. The van der Waals surface area contributed by atoms with Crippen LogP contribution < -0.4 is 5.32 Å². The van der Waals surface area contributed by atoms with E-state index in [0.717, 1.165) is 0 Å². The number of nitrogens with one attached hydrogen (secondary N) is 1. The van der Waals surface area contributed by atoms with Gasteiger partial charge in [0.05, 0.1) is 0 Å². The summed E-state index contributed by atoms with van der Waals surface area (Å²) in [5.41, 5.74) is 0. The molecule has 0 unspecified atom stereocenters. The van der Waals surface area contributed by atoms with Gasteiger partial charge in [-0.1, -0.05) is 0 Å². The Balaban J connectivity index is -0.0000000200. The van der Waals surface area contributed by atoms with E-state index in [1.807, 2.05) is 14.1 Å². The van der Waals surface area contributed by atoms with Crippen LogP contribution >= 0.6 is 0 Å². The second-order valence-corrected chi connectivity index (χ2v) is 0.500. The molecular weight excluding hydrogens is 218 g/mol. The molecular formula is C2H7NYZr+7. The van der Waals surface area contributed by atoms with Crippen molar-refractivity contribution in [2.45, 2.75) is 0 Å². The smallest absolute Gasteiger partial charge is 0.323 e. The fraction of sp³-hybridized carbons (Fsp3) is 1.00. The van der Waals surface area contributed by atoms with Gasteiger partial charge in [-0.2, -0.15) is 0 Å². The van der Waals surface area contributed by atoms with E-state index in [4.69, 9.17) is 0 Å². The van der Waals surface area contributed by atoms with Gasteiger partial charge in [0.15, 0.2) is 0 Å². The molecule has 0 aliphatic heterocycles. The molecule has 5 heavy (non-hydrogen) atoms. The molecule has 0 aromatic heterocycles. The zero-order chi connectivity index (χ0) is 2.71. The van der Waals surface area contributed by atoms with Crippen LogP contribution in [-0.4, -0.2) is 14.1 Å². The zero-order valence-corrected chi connectivity index (χ0v) is 8.87. The largest absolute Gasteiger partial charge is 4.00 e. The molecule has 0 aliphatic rings. The molecule has 0 amide bonds. The van der Waals surface area contributed by atoms with Gasteiger partial charge in [-0.3, -0.25) is 0 Å². The van der Waals surface area contributed by atoms with E-state index in [9.17, 15) is 0 Å². The minimum absolute atomic E-state index is 0. The van der Waals surface area contributed by atoms with Crippen molar-refractivity contribution < 1.29 is 58.9 Å². The van der Waals surface area contributed by atoms with Crippen molar-refractivity contribution in [3.8, 4) is 0 Å². The molecule has 0 saturated carbocycles. The van der Waals surface area contributed by atoms with Crippen LogP contribution in [0.3, 0.4) is 0 Å². The minimum Gasteiger partial charge on any atom is -0.323 e. The van der Waals surface area contributed by atoms with Gasteiger partial charge >= 0.3 is 58.9 Å². The summed E-state index contributed by atoms with van der Waals surface area (Å²) in [5.74, 6) is 0. The number of hydrogen-bond donors (Lipinski definition) is 1. The van der Waals surface area contributed by atoms with Crippen LogP contribution in [0, 0.1) is 0 Å². The molecule has 0 aromatic carbocycles. The van der Waals surface area contributed by atoms with Gasteiger partial charge in [0.25, 0.3) is 0 Å². The summed E-state index contributed by atoms with van der Waals surface area (Å²) in [6.07, 6.45) is 0. The standard InChI is InChI=1S/C2H7N.Y.Zr/c1-3-2;;/h3H,1-2H3;;/q;+3;+4. The van der Waals surface area contributed by atoms with Crippen molar-refractivity contribution in [2.24, 2.45) is 0 Å². The maximum Gasteiger partial charge on any atom is 4.00 e. The van der Waals surface area contributed by atoms with Gasteiger partial charge in [-0.15, -0.1) is 0 Å². The van der Waals surface area contributed by atoms with E-state index in [0.29, 0.717) is 0 Å². The van der Waals surface area contributed by atoms with Crippen LogP contribution in [0.25, 0.3) is 0 Å². The van der Waals surface area contributed by atoms with Crippen LogP contribution in [0.15, 0.2) is 0 Å². The molecule has 3 heteroatoms. The molecule has 0 atom stereocenters. The Morgan fingerprint density at radius 1 is 1.20 bits per heavy atom. The van der Waals surface area contributed by atoms with E-state index >= 15 is 0 Å². The first-order valence-electron chi connectivity index (χ1n) is 1.00. The monoisotopic (exact) mass is 224 g/mol. The first-order valence-corrected chi connectivity index (χ1v) is 1.00. The van der Waals surface area contributed by atoms with E-state index in [-0.39, 0.29) is 58.9 Å². The van der Waals surface area contributed by atoms with Crippen LogP contribution in [0.2, 0.25) is 0 Å². The summed E-state index contributed by atoms with van der Waals surface area (Å²) in [6.45, 7) is 0. The van der Waals surface area contributed by atoms with Gasteiger partial charge in [-0.05, 0) is 14.1 Å². The average molecular weight is 225 g/mol. The molecule has 1 nitrogen and oxygen atoms in total. The van der Waals surface area contributed by atoms with Gasteiger partial charge in [-0.25, -0.2) is 0 Å². The quantitative estimate of drug-likeness (QED) is 0.603. The minimum atomic E-state index is 0. The normalized spacial score (nSPS) is 3.60. The second kappa shape index (κ2) is 16.8. The van der Waals surface area contributed by atoms with Crippen LogP contribution in [-0.2, 0) is 58.9 Å². The second-order valence-electron chi connectivity index (χ2n) is 0.500. The van der Waals surface area contributed by atoms with Crippen LogP contribution in [0.4, 0.5) is 0 Å². The van der Waals surface area contributed by atoms with E-state index in [1.165, 1.54) is 0 Å². The van der Waals surface area contributed by atoms with Crippen molar-refractivity contribution in [3.05, 3.63) is 0 Å². The molecule has 0 aromatic rings. The van der Waals surface area contributed by atoms with Gasteiger partial charge in [0.2, 0.25) is 0 Å². The van der Waals surface area contributed by atoms with Gasteiger partial charge in [0, 0.05) is 0 Å². The average Bonchev–Trinajstić information content (AvgIpc) is 0.918. The number of hydrogen-bond acceptors (Lipinski definition) is 1. The van der Waals surface area contributed by atoms with Gasteiger partial charge < -0.3 is 5.32 Å². The molecule has 0 fully saturated rings. The zero-order valence-electron chi connectivity index (χ0n) is 3.58. The summed E-state index contributed by atoms with van der Waals surface area (Å²) >= 11 is 0. The van der Waals surface area contributed by atoms with Crippen molar-refractivity contribution >= 4 is 0 Å². The van der Waals surface area contributed by atoms with Crippen molar-refractivity contribution in [1.29, 1.82) is 0 Å². The third kappa shape index (κ3) is 24.4. The third-order valence-corrected chi connectivity index (χ3v) is 0. The topological polar surface area (TPSA) is 12.0 Å². The molecule has 1 N–H and O–H groups in total. The summed E-state index contributed by atoms with van der Waals surface area (Å²) in [5, 5.41) is 2.75. The maximum absolute atomic E-state index is 2.75. The Bertz CT molecular complexity index is 9.61. The van der Waals surface area contributed by atoms with Crippen molar-refractivity contribution in [3.63, 3.8) is 0 Å². The number of rotatable bonds is 0. The Hall–Kier alpha value is 1.95. The first kappa shape index (κ1) is 15.8. The first-order chi connectivity index (χ1) is 1.41.